The molecule has 2 N–H and O–H groups in total. The fraction of sp³-hybridized carbons (Fsp3) is 0.438. The normalized spacial score (nSPS) is 22.0. The zero-order valence-electron chi connectivity index (χ0n) is 11.0. The molecule has 3 nitrogen and oxygen atoms in total. The second-order valence-electron chi connectivity index (χ2n) is 5.80. The standard InChI is InChI=1S/C16H19N3/c1-2-4-11(5-3-1)12-6-9-15-14(10-12)16(19-18-15)17-13-7-8-13/h1-5,12-13H,6-10H2,(H2,17,18,19). The van der Waals surface area contributed by atoms with Crippen molar-refractivity contribution in [2.75, 3.05) is 5.32 Å². The molecule has 2 aliphatic carbocycles. The zero-order valence-corrected chi connectivity index (χ0v) is 11.0. The molecular formula is C16H19N3. The van der Waals surface area contributed by atoms with Crippen molar-refractivity contribution in [1.82, 2.24) is 10.2 Å². The molecule has 0 radical (unpaired) electrons. The topological polar surface area (TPSA) is 40.7 Å². The lowest BCUT2D eigenvalue weighted by atomic mass is 9.83. The van der Waals surface area contributed by atoms with Crippen molar-refractivity contribution in [3.05, 3.63) is 47.2 Å². The molecule has 0 bridgehead atoms. The van der Waals surface area contributed by atoms with Gasteiger partial charge in [-0.25, -0.2) is 0 Å². The van der Waals surface area contributed by atoms with E-state index >= 15 is 0 Å². The van der Waals surface area contributed by atoms with Gasteiger partial charge in [-0.2, -0.15) is 5.10 Å². The molecule has 1 aromatic carbocycles. The predicted molar refractivity (Wildman–Crippen MR) is 76.4 cm³/mol. The average Bonchev–Trinajstić information content (AvgIpc) is 3.20. The van der Waals surface area contributed by atoms with Crippen LogP contribution in [0.25, 0.3) is 0 Å². The van der Waals surface area contributed by atoms with E-state index in [1.165, 1.54) is 36.1 Å². The Hall–Kier alpha value is -1.77. The van der Waals surface area contributed by atoms with Gasteiger partial charge < -0.3 is 5.32 Å². The quantitative estimate of drug-likeness (QED) is 0.881. The molecule has 1 fully saturated rings. The first-order valence-electron chi connectivity index (χ1n) is 7.28. The van der Waals surface area contributed by atoms with E-state index in [1.54, 1.807) is 0 Å². The lowest BCUT2D eigenvalue weighted by Gasteiger charge is -2.23. The molecule has 0 amide bonds. The summed E-state index contributed by atoms with van der Waals surface area (Å²) in [5.41, 5.74) is 4.23. The maximum absolute atomic E-state index is 4.47. The van der Waals surface area contributed by atoms with Crippen LogP contribution in [0, 0.1) is 0 Å². The first kappa shape index (κ1) is 11.1. The minimum Gasteiger partial charge on any atom is -0.366 e. The molecule has 2 aromatic rings. The third-order valence-electron chi connectivity index (χ3n) is 4.34. The number of nitrogens with one attached hydrogen (secondary N) is 2. The molecular weight excluding hydrogens is 234 g/mol. The molecule has 1 unspecified atom stereocenters. The van der Waals surface area contributed by atoms with E-state index in [2.05, 4.69) is 45.8 Å². The number of benzene rings is 1. The van der Waals surface area contributed by atoms with Gasteiger partial charge in [-0.05, 0) is 43.6 Å². The van der Waals surface area contributed by atoms with E-state index in [4.69, 9.17) is 0 Å². The summed E-state index contributed by atoms with van der Waals surface area (Å²) in [7, 11) is 0. The Kier molecular flexibility index (Phi) is 2.57. The van der Waals surface area contributed by atoms with Gasteiger partial charge in [0.05, 0.1) is 0 Å². The highest BCUT2D eigenvalue weighted by atomic mass is 15.2. The van der Waals surface area contributed by atoms with E-state index in [0.29, 0.717) is 12.0 Å². The number of hydrogen-bond acceptors (Lipinski definition) is 2. The van der Waals surface area contributed by atoms with Crippen molar-refractivity contribution in [3.63, 3.8) is 0 Å². The van der Waals surface area contributed by atoms with Crippen molar-refractivity contribution in [2.45, 2.75) is 44.1 Å². The van der Waals surface area contributed by atoms with Crippen molar-refractivity contribution in [1.29, 1.82) is 0 Å². The third-order valence-corrected chi connectivity index (χ3v) is 4.34. The lowest BCUT2D eigenvalue weighted by Crippen LogP contribution is -2.13. The number of rotatable bonds is 3. The molecule has 98 valence electrons. The van der Waals surface area contributed by atoms with Crippen LogP contribution < -0.4 is 5.32 Å². The molecule has 3 heteroatoms. The van der Waals surface area contributed by atoms with Crippen LogP contribution in [0.15, 0.2) is 30.3 Å². The highest BCUT2D eigenvalue weighted by Crippen LogP contribution is 2.36. The van der Waals surface area contributed by atoms with E-state index in [1.807, 2.05) is 0 Å². The van der Waals surface area contributed by atoms with Crippen molar-refractivity contribution in [3.8, 4) is 0 Å². The first-order valence-corrected chi connectivity index (χ1v) is 7.28. The van der Waals surface area contributed by atoms with Gasteiger partial charge in [0, 0.05) is 17.3 Å². The molecule has 4 rings (SSSR count). The first-order chi connectivity index (χ1) is 9.40. The van der Waals surface area contributed by atoms with Crippen LogP contribution in [0.4, 0.5) is 5.82 Å². The van der Waals surface area contributed by atoms with Crippen LogP contribution in [-0.4, -0.2) is 16.2 Å². The van der Waals surface area contributed by atoms with Crippen LogP contribution in [0.1, 0.15) is 42.0 Å². The number of aryl methyl sites for hydroxylation is 1. The fourth-order valence-corrected chi connectivity index (χ4v) is 3.05. The largest absolute Gasteiger partial charge is 0.366 e. The van der Waals surface area contributed by atoms with Gasteiger partial charge in [-0.1, -0.05) is 30.3 Å². The Morgan fingerprint density at radius 3 is 2.74 bits per heavy atom. The van der Waals surface area contributed by atoms with Crippen LogP contribution in [0.5, 0.6) is 0 Å². The molecule has 0 aliphatic heterocycles. The minimum atomic E-state index is 0.644. The van der Waals surface area contributed by atoms with E-state index in [0.717, 1.165) is 18.7 Å². The zero-order chi connectivity index (χ0) is 12.7. The van der Waals surface area contributed by atoms with Gasteiger partial charge in [0.15, 0.2) is 5.82 Å². The maximum atomic E-state index is 4.47. The van der Waals surface area contributed by atoms with E-state index in [9.17, 15) is 0 Å². The van der Waals surface area contributed by atoms with Crippen molar-refractivity contribution >= 4 is 5.82 Å². The Labute approximate surface area is 113 Å². The monoisotopic (exact) mass is 253 g/mol. The molecule has 1 aromatic heterocycles. The second-order valence-corrected chi connectivity index (χ2v) is 5.80. The molecule has 2 aliphatic rings. The number of hydrogen-bond donors (Lipinski definition) is 2. The van der Waals surface area contributed by atoms with Gasteiger partial charge in [0.25, 0.3) is 0 Å². The molecule has 19 heavy (non-hydrogen) atoms. The van der Waals surface area contributed by atoms with Crippen LogP contribution in [-0.2, 0) is 12.8 Å². The van der Waals surface area contributed by atoms with Crippen LogP contribution >= 0.6 is 0 Å². The number of fused-ring (bicyclic) bond motifs is 1. The van der Waals surface area contributed by atoms with Crippen molar-refractivity contribution < 1.29 is 0 Å². The highest BCUT2D eigenvalue weighted by Gasteiger charge is 2.28. The molecule has 1 saturated carbocycles. The van der Waals surface area contributed by atoms with Crippen LogP contribution in [0.3, 0.4) is 0 Å². The predicted octanol–water partition coefficient (Wildman–Crippen LogP) is 3.26. The lowest BCUT2D eigenvalue weighted by molar-refractivity contribution is 0.579. The fourth-order valence-electron chi connectivity index (χ4n) is 3.05. The summed E-state index contributed by atoms with van der Waals surface area (Å²) in [5, 5.41) is 11.2. The summed E-state index contributed by atoms with van der Waals surface area (Å²) < 4.78 is 0. The SMILES string of the molecule is c1ccc(C2CCc3[nH]nc(NC4CC4)c3C2)cc1. The summed E-state index contributed by atoms with van der Waals surface area (Å²) in [6.45, 7) is 0. The van der Waals surface area contributed by atoms with E-state index < -0.39 is 0 Å². The minimum absolute atomic E-state index is 0.644. The van der Waals surface area contributed by atoms with Gasteiger partial charge in [-0.15, -0.1) is 0 Å². The van der Waals surface area contributed by atoms with Gasteiger partial charge in [0.2, 0.25) is 0 Å². The highest BCUT2D eigenvalue weighted by molar-refractivity contribution is 5.50. The Morgan fingerprint density at radius 2 is 1.95 bits per heavy atom. The van der Waals surface area contributed by atoms with Gasteiger partial charge in [-0.3, -0.25) is 5.10 Å². The summed E-state index contributed by atoms with van der Waals surface area (Å²) in [6, 6.07) is 11.6. The molecule has 1 heterocycles. The smallest absolute Gasteiger partial charge is 0.151 e. The number of anilines is 1. The average molecular weight is 253 g/mol. The van der Waals surface area contributed by atoms with E-state index in [-0.39, 0.29) is 0 Å². The Balaban J connectivity index is 1.59. The second kappa shape index (κ2) is 4.41. The molecule has 1 atom stereocenters. The molecule has 0 saturated heterocycles. The molecule has 0 spiro atoms. The van der Waals surface area contributed by atoms with Gasteiger partial charge >= 0.3 is 0 Å². The Bertz CT molecular complexity index is 569. The third kappa shape index (κ3) is 2.14. The number of nitrogens with zero attached hydrogens (tertiary/aromatic N) is 1. The van der Waals surface area contributed by atoms with Gasteiger partial charge in [0.1, 0.15) is 0 Å². The number of aromatic nitrogens is 2. The summed E-state index contributed by atoms with van der Waals surface area (Å²) in [6.07, 6.45) is 6.05. The van der Waals surface area contributed by atoms with Crippen molar-refractivity contribution in [2.24, 2.45) is 0 Å². The summed E-state index contributed by atoms with van der Waals surface area (Å²) >= 11 is 0. The maximum Gasteiger partial charge on any atom is 0.151 e. The Morgan fingerprint density at radius 1 is 1.11 bits per heavy atom. The summed E-state index contributed by atoms with van der Waals surface area (Å²) in [5.74, 6) is 1.75. The van der Waals surface area contributed by atoms with Crippen LogP contribution in [0.2, 0.25) is 0 Å². The summed E-state index contributed by atoms with van der Waals surface area (Å²) in [4.78, 5) is 0. The number of H-pyrrole nitrogens is 1. The number of aromatic amines is 1.